The summed E-state index contributed by atoms with van der Waals surface area (Å²) in [6.07, 6.45) is 10.0. The third-order valence-electron chi connectivity index (χ3n) is 2.71. The monoisotopic (exact) mass is 441 g/mol. The van der Waals surface area contributed by atoms with Gasteiger partial charge in [0.2, 0.25) is 0 Å². The molecule has 1 aliphatic carbocycles. The zero-order valence-electron chi connectivity index (χ0n) is 15.6. The molecule has 2 aromatic carbocycles. The minimum atomic E-state index is 0. The summed E-state index contributed by atoms with van der Waals surface area (Å²) in [7, 11) is 2.72. The Labute approximate surface area is 185 Å². The van der Waals surface area contributed by atoms with Gasteiger partial charge < -0.3 is 0 Å². The van der Waals surface area contributed by atoms with Gasteiger partial charge in [-0.25, -0.2) is 12.2 Å². The maximum absolute atomic E-state index is 2.99. The molecule has 1 atom stereocenters. The van der Waals surface area contributed by atoms with E-state index in [0.29, 0.717) is 5.16 Å². The Morgan fingerprint density at radius 2 is 1.27 bits per heavy atom. The molecule has 139 valence electrons. The number of allylic oxidation sites excluding steroid dienone is 4. The maximum atomic E-state index is 2.99. The summed E-state index contributed by atoms with van der Waals surface area (Å²) in [5.74, 6) is 0. The van der Waals surface area contributed by atoms with E-state index in [9.17, 15) is 0 Å². The molecule has 0 amide bonds. The minimum absolute atomic E-state index is 0. The second-order valence-corrected chi connectivity index (χ2v) is 8.99. The Bertz CT molecular complexity index is 602. The molecule has 0 aromatic heterocycles. The van der Waals surface area contributed by atoms with Crippen LogP contribution in [-0.2, 0) is 20.0 Å². The molecule has 0 aliphatic heterocycles. The average Bonchev–Trinajstić information content (AvgIpc) is 3.14. The van der Waals surface area contributed by atoms with Crippen molar-refractivity contribution in [2.24, 2.45) is 0 Å². The van der Waals surface area contributed by atoms with Gasteiger partial charge in [-0.3, -0.25) is 6.08 Å². The van der Waals surface area contributed by atoms with Crippen LogP contribution in [0.3, 0.4) is 0 Å². The molecular weight excluding hydrogens is 414 g/mol. The molecular formula is C22H28Cl2PTi. The number of hydrogen-bond donors (Lipinski definition) is 0. The number of halogens is 2. The molecule has 0 radical (unpaired) electrons. The van der Waals surface area contributed by atoms with E-state index in [1.54, 1.807) is 0 Å². The van der Waals surface area contributed by atoms with E-state index in [-0.39, 0.29) is 24.8 Å². The average molecular weight is 442 g/mol. The summed E-state index contributed by atoms with van der Waals surface area (Å²) in [6.45, 7) is 6.45. The van der Waals surface area contributed by atoms with Crippen LogP contribution in [0.15, 0.2) is 78.9 Å². The van der Waals surface area contributed by atoms with Gasteiger partial charge in [0.25, 0.3) is 0 Å². The van der Waals surface area contributed by atoms with Crippen LogP contribution in [0, 0.1) is 6.08 Å². The summed E-state index contributed by atoms with van der Waals surface area (Å²) >= 11 is 2.16. The first-order chi connectivity index (χ1) is 11.4. The van der Waals surface area contributed by atoms with E-state index in [2.05, 4.69) is 111 Å². The Balaban J connectivity index is 0. The summed E-state index contributed by atoms with van der Waals surface area (Å²) < 4.78 is 1.33. The SMILES string of the molecule is CC(C)(C)P.Cl.Cl.[C-]1=CC=CC1.[Ti+]=[C](c1ccccc1)c1ccccc1. The second kappa shape index (κ2) is 15.6. The molecule has 1 aliphatic rings. The fourth-order valence-electron chi connectivity index (χ4n) is 1.72. The van der Waals surface area contributed by atoms with Crippen molar-refractivity contribution in [2.75, 3.05) is 0 Å². The first kappa shape index (κ1) is 27.7. The van der Waals surface area contributed by atoms with Crippen molar-refractivity contribution in [3.63, 3.8) is 0 Å². The van der Waals surface area contributed by atoms with Gasteiger partial charge >= 0.3 is 95.6 Å². The second-order valence-electron chi connectivity index (χ2n) is 6.48. The molecule has 0 saturated carbocycles. The zero-order chi connectivity index (χ0) is 17.8. The van der Waals surface area contributed by atoms with Crippen molar-refractivity contribution in [3.8, 4) is 0 Å². The van der Waals surface area contributed by atoms with E-state index in [1.807, 2.05) is 24.3 Å². The van der Waals surface area contributed by atoms with Crippen molar-refractivity contribution in [1.82, 2.24) is 0 Å². The molecule has 0 fully saturated rings. The van der Waals surface area contributed by atoms with Gasteiger partial charge in [-0.1, -0.05) is 20.8 Å². The predicted molar refractivity (Wildman–Crippen MR) is 122 cm³/mol. The Morgan fingerprint density at radius 1 is 0.885 bits per heavy atom. The molecule has 0 N–H and O–H groups in total. The fraction of sp³-hybridized carbons (Fsp3) is 0.227. The van der Waals surface area contributed by atoms with Crippen molar-refractivity contribution < 1.29 is 20.0 Å². The van der Waals surface area contributed by atoms with E-state index in [0.717, 1.165) is 6.42 Å². The number of rotatable bonds is 2. The Hall–Kier alpha value is -0.486. The van der Waals surface area contributed by atoms with E-state index in [4.69, 9.17) is 0 Å². The molecule has 3 rings (SSSR count). The third-order valence-corrected chi connectivity index (χ3v) is 3.61. The van der Waals surface area contributed by atoms with Crippen LogP contribution in [0.1, 0.15) is 38.3 Å². The van der Waals surface area contributed by atoms with Gasteiger partial charge in [0.05, 0.1) is 0 Å². The Morgan fingerprint density at radius 3 is 1.50 bits per heavy atom. The van der Waals surface area contributed by atoms with Crippen molar-refractivity contribution in [1.29, 1.82) is 0 Å². The standard InChI is InChI=1S/C13H10.C5H5.C4H11P.2ClH.Ti/c1-3-7-12(8-4-1)11-13-9-5-2-6-10-13;1-2-4-5-3-1;1-4(2,3)5;;;/h1-10H;1-3H,4H2;5H2,1-3H3;2*1H;/q;-1;;;;+1. The van der Waals surface area contributed by atoms with Gasteiger partial charge in [0.15, 0.2) is 0 Å². The predicted octanol–water partition coefficient (Wildman–Crippen LogP) is 6.61. The van der Waals surface area contributed by atoms with Crippen molar-refractivity contribution in [3.05, 3.63) is 96.1 Å². The van der Waals surface area contributed by atoms with Crippen LogP contribution >= 0.6 is 34.1 Å². The molecule has 1 unspecified atom stereocenters. The van der Waals surface area contributed by atoms with Crippen LogP contribution in [0.25, 0.3) is 0 Å². The molecule has 0 nitrogen and oxygen atoms in total. The van der Waals surface area contributed by atoms with Crippen LogP contribution < -0.4 is 0 Å². The number of hydrogen-bond acceptors (Lipinski definition) is 0. The number of benzene rings is 2. The van der Waals surface area contributed by atoms with Crippen LogP contribution in [0.5, 0.6) is 0 Å². The molecule has 0 spiro atoms. The van der Waals surface area contributed by atoms with E-state index >= 15 is 0 Å². The van der Waals surface area contributed by atoms with Gasteiger partial charge in [-0.2, -0.15) is 6.08 Å². The topological polar surface area (TPSA) is 0 Å². The summed E-state index contributed by atoms with van der Waals surface area (Å²) in [5.41, 5.74) is 2.58. The molecule has 0 heterocycles. The summed E-state index contributed by atoms with van der Waals surface area (Å²) in [5, 5.41) is 0.417. The molecule has 26 heavy (non-hydrogen) atoms. The van der Waals surface area contributed by atoms with E-state index in [1.165, 1.54) is 14.9 Å². The molecule has 0 saturated heterocycles. The van der Waals surface area contributed by atoms with Crippen LogP contribution in [0.2, 0.25) is 0 Å². The Kier molecular flexibility index (Phi) is 16.6. The molecule has 4 heteroatoms. The van der Waals surface area contributed by atoms with Crippen LogP contribution in [-0.4, -0.2) is 8.97 Å². The van der Waals surface area contributed by atoms with Crippen molar-refractivity contribution >= 4 is 37.9 Å². The van der Waals surface area contributed by atoms with Gasteiger partial charge in [0.1, 0.15) is 0 Å². The zero-order valence-corrected chi connectivity index (χ0v) is 20.0. The first-order valence-corrected chi connectivity index (χ1v) is 9.44. The van der Waals surface area contributed by atoms with Crippen molar-refractivity contribution in [2.45, 2.75) is 32.3 Å². The van der Waals surface area contributed by atoms with Gasteiger partial charge in [-0.05, 0) is 5.16 Å². The summed E-state index contributed by atoms with van der Waals surface area (Å²) in [6, 6.07) is 20.9. The van der Waals surface area contributed by atoms with Crippen LogP contribution in [0.4, 0.5) is 0 Å². The third kappa shape index (κ3) is 14.7. The van der Waals surface area contributed by atoms with E-state index < -0.39 is 0 Å². The molecule has 2 aromatic rings. The fourth-order valence-corrected chi connectivity index (χ4v) is 2.24. The first-order valence-electron chi connectivity index (χ1n) is 8.08. The quantitative estimate of drug-likeness (QED) is 0.279. The molecule has 0 bridgehead atoms. The summed E-state index contributed by atoms with van der Waals surface area (Å²) in [4.78, 5) is 0. The van der Waals surface area contributed by atoms with Gasteiger partial charge in [-0.15, -0.1) is 40.5 Å². The van der Waals surface area contributed by atoms with Gasteiger partial charge in [0, 0.05) is 0 Å². The normalized spacial score (nSPS) is 11.0.